The Morgan fingerprint density at radius 2 is 2.00 bits per heavy atom. The van der Waals surface area contributed by atoms with E-state index in [1.807, 2.05) is 25.1 Å². The van der Waals surface area contributed by atoms with Crippen LogP contribution in [0.3, 0.4) is 0 Å². The molecule has 0 amide bonds. The predicted octanol–water partition coefficient (Wildman–Crippen LogP) is 1.95. The number of benzene rings is 1. The van der Waals surface area contributed by atoms with E-state index in [1.54, 1.807) is 0 Å². The van der Waals surface area contributed by atoms with Crippen LogP contribution in [-0.2, 0) is 0 Å². The molecule has 1 aliphatic heterocycles. The van der Waals surface area contributed by atoms with E-state index in [1.165, 1.54) is 12.1 Å². The van der Waals surface area contributed by atoms with Crippen molar-refractivity contribution < 1.29 is 5.11 Å². The number of hydrogen-bond acceptors (Lipinski definition) is 2. The van der Waals surface area contributed by atoms with Crippen molar-refractivity contribution in [3.63, 3.8) is 0 Å². The summed E-state index contributed by atoms with van der Waals surface area (Å²) in [5.41, 5.74) is 2.24. The van der Waals surface area contributed by atoms with Gasteiger partial charge in [0.15, 0.2) is 0 Å². The molecule has 2 nitrogen and oxygen atoms in total. The maximum atomic E-state index is 9.55. The summed E-state index contributed by atoms with van der Waals surface area (Å²) < 4.78 is 0. The van der Waals surface area contributed by atoms with Crippen LogP contribution in [0.5, 0.6) is 0 Å². The average molecular weight is 177 g/mol. The molecule has 2 rings (SSSR count). The molecular formula is C11H15NO. The minimum atomic E-state index is -0.364. The fourth-order valence-corrected chi connectivity index (χ4v) is 1.69. The van der Waals surface area contributed by atoms with Crippen molar-refractivity contribution in [2.45, 2.75) is 19.4 Å². The summed E-state index contributed by atoms with van der Waals surface area (Å²) in [7, 11) is 0. The van der Waals surface area contributed by atoms with Crippen molar-refractivity contribution in [2.75, 3.05) is 18.0 Å². The van der Waals surface area contributed by atoms with Gasteiger partial charge < -0.3 is 10.0 Å². The van der Waals surface area contributed by atoms with Gasteiger partial charge >= 0.3 is 0 Å². The Hall–Kier alpha value is -1.02. The Bertz CT molecular complexity index is 292. The number of rotatable bonds is 2. The lowest BCUT2D eigenvalue weighted by atomic mass is 10.0. The van der Waals surface area contributed by atoms with E-state index >= 15 is 0 Å². The normalized spacial score (nSPS) is 18.2. The van der Waals surface area contributed by atoms with Gasteiger partial charge in [0.1, 0.15) is 0 Å². The van der Waals surface area contributed by atoms with Crippen molar-refractivity contribution in [3.05, 3.63) is 29.8 Å². The van der Waals surface area contributed by atoms with Crippen LogP contribution in [0.2, 0.25) is 0 Å². The van der Waals surface area contributed by atoms with Crippen molar-refractivity contribution in [1.82, 2.24) is 0 Å². The lowest BCUT2D eigenvalue weighted by molar-refractivity contribution is 0.199. The molecule has 1 aromatic rings. The number of anilines is 1. The number of aliphatic hydroxyl groups excluding tert-OH is 1. The predicted molar refractivity (Wildman–Crippen MR) is 53.9 cm³/mol. The molecular weight excluding hydrogens is 162 g/mol. The van der Waals surface area contributed by atoms with Crippen LogP contribution >= 0.6 is 0 Å². The fraction of sp³-hybridized carbons (Fsp3) is 0.455. The van der Waals surface area contributed by atoms with Gasteiger partial charge in [-0.05, 0) is 19.4 Å². The van der Waals surface area contributed by atoms with E-state index in [0.29, 0.717) is 0 Å². The highest BCUT2D eigenvalue weighted by Gasteiger charge is 2.18. The molecule has 1 heterocycles. The third-order valence-corrected chi connectivity index (χ3v) is 2.58. The van der Waals surface area contributed by atoms with Crippen LogP contribution in [0.25, 0.3) is 0 Å². The lowest BCUT2D eigenvalue weighted by Gasteiger charge is -2.35. The van der Waals surface area contributed by atoms with E-state index in [0.717, 1.165) is 18.7 Å². The molecule has 1 unspecified atom stereocenters. The van der Waals surface area contributed by atoms with E-state index < -0.39 is 0 Å². The Balaban J connectivity index is 2.31. The van der Waals surface area contributed by atoms with Crippen molar-refractivity contribution in [2.24, 2.45) is 0 Å². The van der Waals surface area contributed by atoms with Crippen molar-refractivity contribution in [3.8, 4) is 0 Å². The largest absolute Gasteiger partial charge is 0.389 e. The molecule has 1 aromatic carbocycles. The summed E-state index contributed by atoms with van der Waals surface area (Å²) >= 11 is 0. The molecule has 2 heteroatoms. The van der Waals surface area contributed by atoms with Gasteiger partial charge in [-0.25, -0.2) is 0 Å². The molecule has 1 saturated heterocycles. The zero-order chi connectivity index (χ0) is 9.26. The Morgan fingerprint density at radius 3 is 2.54 bits per heavy atom. The highest BCUT2D eigenvalue weighted by molar-refractivity contribution is 5.55. The second kappa shape index (κ2) is 3.38. The summed E-state index contributed by atoms with van der Waals surface area (Å²) in [6.07, 6.45) is 0.908. The topological polar surface area (TPSA) is 23.5 Å². The quantitative estimate of drug-likeness (QED) is 0.746. The molecule has 0 bridgehead atoms. The molecule has 1 aliphatic rings. The van der Waals surface area contributed by atoms with Crippen molar-refractivity contribution >= 4 is 5.69 Å². The molecule has 0 spiro atoms. The van der Waals surface area contributed by atoms with Crippen LogP contribution in [-0.4, -0.2) is 18.2 Å². The van der Waals surface area contributed by atoms with Gasteiger partial charge in [0.2, 0.25) is 0 Å². The van der Waals surface area contributed by atoms with Gasteiger partial charge in [0.05, 0.1) is 6.10 Å². The monoisotopic (exact) mass is 177 g/mol. The molecule has 0 radical (unpaired) electrons. The molecule has 0 aromatic heterocycles. The van der Waals surface area contributed by atoms with Crippen LogP contribution in [0.1, 0.15) is 25.0 Å². The molecule has 1 N–H and O–H groups in total. The van der Waals surface area contributed by atoms with Crippen LogP contribution in [0.4, 0.5) is 5.69 Å². The molecule has 13 heavy (non-hydrogen) atoms. The summed E-state index contributed by atoms with van der Waals surface area (Å²) in [6.45, 7) is 4.08. The SMILES string of the molecule is CC(O)c1ccccc1N1CCC1. The van der Waals surface area contributed by atoms with Crippen LogP contribution < -0.4 is 4.90 Å². The number of nitrogens with zero attached hydrogens (tertiary/aromatic N) is 1. The molecule has 70 valence electrons. The average Bonchev–Trinajstić information content (AvgIpc) is 2.02. The molecule has 0 saturated carbocycles. The summed E-state index contributed by atoms with van der Waals surface area (Å²) in [6, 6.07) is 8.09. The van der Waals surface area contributed by atoms with Gasteiger partial charge in [0.25, 0.3) is 0 Å². The van der Waals surface area contributed by atoms with E-state index in [4.69, 9.17) is 0 Å². The van der Waals surface area contributed by atoms with Gasteiger partial charge in [-0.15, -0.1) is 0 Å². The first-order valence-electron chi connectivity index (χ1n) is 4.81. The molecule has 1 fully saturated rings. The van der Waals surface area contributed by atoms with Crippen molar-refractivity contribution in [1.29, 1.82) is 0 Å². The second-order valence-electron chi connectivity index (χ2n) is 3.58. The summed E-state index contributed by atoms with van der Waals surface area (Å²) in [5.74, 6) is 0. The minimum absolute atomic E-state index is 0.364. The zero-order valence-electron chi connectivity index (χ0n) is 7.90. The second-order valence-corrected chi connectivity index (χ2v) is 3.58. The van der Waals surface area contributed by atoms with Gasteiger partial charge in [-0.1, -0.05) is 18.2 Å². The van der Waals surface area contributed by atoms with E-state index in [2.05, 4.69) is 11.0 Å². The first kappa shape index (κ1) is 8.57. The Kier molecular flexibility index (Phi) is 2.23. The zero-order valence-corrected chi connectivity index (χ0v) is 7.90. The maximum Gasteiger partial charge on any atom is 0.0781 e. The van der Waals surface area contributed by atoms with E-state index in [9.17, 15) is 5.11 Å². The maximum absolute atomic E-state index is 9.55. The number of para-hydroxylation sites is 1. The third-order valence-electron chi connectivity index (χ3n) is 2.58. The fourth-order valence-electron chi connectivity index (χ4n) is 1.69. The highest BCUT2D eigenvalue weighted by Crippen LogP contribution is 2.28. The Morgan fingerprint density at radius 1 is 1.31 bits per heavy atom. The van der Waals surface area contributed by atoms with Gasteiger partial charge in [-0.3, -0.25) is 0 Å². The summed E-state index contributed by atoms with van der Waals surface area (Å²) in [4.78, 5) is 2.31. The molecule has 0 aliphatic carbocycles. The first-order chi connectivity index (χ1) is 6.29. The number of hydrogen-bond donors (Lipinski definition) is 1. The first-order valence-corrected chi connectivity index (χ1v) is 4.81. The van der Waals surface area contributed by atoms with Gasteiger partial charge in [0, 0.05) is 24.3 Å². The standard InChI is InChI=1S/C11H15NO/c1-9(13)10-5-2-3-6-11(10)12-7-4-8-12/h2-3,5-6,9,13H,4,7-8H2,1H3. The lowest BCUT2D eigenvalue weighted by Crippen LogP contribution is -2.37. The van der Waals surface area contributed by atoms with E-state index in [-0.39, 0.29) is 6.10 Å². The number of aliphatic hydroxyl groups is 1. The Labute approximate surface area is 78.8 Å². The van der Waals surface area contributed by atoms with Gasteiger partial charge in [-0.2, -0.15) is 0 Å². The smallest absolute Gasteiger partial charge is 0.0781 e. The minimum Gasteiger partial charge on any atom is -0.389 e. The van der Waals surface area contributed by atoms with Crippen LogP contribution in [0.15, 0.2) is 24.3 Å². The highest BCUT2D eigenvalue weighted by atomic mass is 16.3. The summed E-state index contributed by atoms with van der Waals surface area (Å²) in [5, 5.41) is 9.55. The third kappa shape index (κ3) is 1.54. The van der Waals surface area contributed by atoms with Crippen LogP contribution in [0, 0.1) is 0 Å². The molecule has 1 atom stereocenters.